The fourth-order valence-electron chi connectivity index (χ4n) is 3.26. The van der Waals surface area contributed by atoms with Crippen molar-refractivity contribution in [3.8, 4) is 0 Å². The van der Waals surface area contributed by atoms with Crippen molar-refractivity contribution in [1.82, 2.24) is 4.90 Å². The van der Waals surface area contributed by atoms with Gasteiger partial charge in [0, 0.05) is 18.5 Å². The zero-order valence-electron chi connectivity index (χ0n) is 14.4. The van der Waals surface area contributed by atoms with Gasteiger partial charge in [-0.15, -0.1) is 0 Å². The molecule has 0 aromatic heterocycles. The molecule has 0 aromatic carbocycles. The number of aliphatic hydroxyl groups is 1. The molecule has 21 heavy (non-hydrogen) atoms. The van der Waals surface area contributed by atoms with E-state index in [2.05, 4.69) is 13.8 Å². The van der Waals surface area contributed by atoms with Crippen molar-refractivity contribution in [3.63, 3.8) is 0 Å². The molecule has 1 fully saturated rings. The molecule has 0 spiro atoms. The third-order valence-corrected chi connectivity index (χ3v) is 4.22. The van der Waals surface area contributed by atoms with Crippen molar-refractivity contribution >= 4 is 6.09 Å². The monoisotopic (exact) mass is 299 g/mol. The summed E-state index contributed by atoms with van der Waals surface area (Å²) in [5.41, 5.74) is -0.469. The molecule has 1 aliphatic rings. The lowest BCUT2D eigenvalue weighted by Crippen LogP contribution is -2.51. The zero-order valence-corrected chi connectivity index (χ0v) is 14.4. The maximum atomic E-state index is 12.4. The number of rotatable bonds is 5. The van der Waals surface area contributed by atoms with Gasteiger partial charge in [0.25, 0.3) is 0 Å². The van der Waals surface area contributed by atoms with Gasteiger partial charge in [-0.2, -0.15) is 0 Å². The van der Waals surface area contributed by atoms with Crippen molar-refractivity contribution in [2.45, 2.75) is 90.9 Å². The lowest BCUT2D eigenvalue weighted by molar-refractivity contribution is -0.0188. The number of hydrogen-bond acceptors (Lipinski definition) is 3. The molecule has 0 bridgehead atoms. The molecule has 1 N–H and O–H groups in total. The number of ether oxygens (including phenoxy) is 1. The Hall–Kier alpha value is -0.770. The number of likely N-dealkylation sites (tertiary alicyclic amines) is 1. The minimum atomic E-state index is -0.469. The zero-order chi connectivity index (χ0) is 16.0. The molecule has 0 radical (unpaired) electrons. The van der Waals surface area contributed by atoms with Crippen LogP contribution in [0.3, 0.4) is 0 Å². The smallest absolute Gasteiger partial charge is 0.410 e. The van der Waals surface area contributed by atoms with E-state index in [1.54, 1.807) is 0 Å². The van der Waals surface area contributed by atoms with Crippen LogP contribution in [0.4, 0.5) is 4.79 Å². The van der Waals surface area contributed by atoms with Crippen LogP contribution in [0, 0.1) is 5.92 Å². The van der Waals surface area contributed by atoms with E-state index in [4.69, 9.17) is 4.74 Å². The third kappa shape index (κ3) is 5.50. The highest BCUT2D eigenvalue weighted by Gasteiger charge is 2.37. The lowest BCUT2D eigenvalue weighted by atomic mass is 9.83. The van der Waals surface area contributed by atoms with Crippen molar-refractivity contribution < 1.29 is 14.6 Å². The number of hydrogen-bond donors (Lipinski definition) is 1. The molecule has 0 aliphatic carbocycles. The molecule has 1 heterocycles. The molecule has 1 amide bonds. The van der Waals surface area contributed by atoms with Gasteiger partial charge in [0.05, 0.1) is 6.10 Å². The Kier molecular flexibility index (Phi) is 6.98. The molecule has 3 atom stereocenters. The van der Waals surface area contributed by atoms with E-state index in [1.807, 2.05) is 25.7 Å². The topological polar surface area (TPSA) is 49.8 Å². The van der Waals surface area contributed by atoms with Crippen LogP contribution >= 0.6 is 0 Å². The van der Waals surface area contributed by atoms with Crippen LogP contribution in [-0.2, 0) is 4.74 Å². The highest BCUT2D eigenvalue weighted by atomic mass is 16.6. The Morgan fingerprint density at radius 3 is 2.52 bits per heavy atom. The van der Waals surface area contributed by atoms with Crippen LogP contribution in [0.2, 0.25) is 0 Å². The van der Waals surface area contributed by atoms with E-state index in [0.717, 1.165) is 45.1 Å². The summed E-state index contributed by atoms with van der Waals surface area (Å²) in [7, 11) is 0. The highest BCUT2D eigenvalue weighted by molar-refractivity contribution is 5.68. The normalized spacial score (nSPS) is 22.8. The number of aliphatic hydroxyl groups excluding tert-OH is 1. The van der Waals surface area contributed by atoms with E-state index in [-0.39, 0.29) is 24.2 Å². The van der Waals surface area contributed by atoms with Gasteiger partial charge < -0.3 is 14.7 Å². The molecule has 1 aliphatic heterocycles. The van der Waals surface area contributed by atoms with Gasteiger partial charge in [-0.25, -0.2) is 4.79 Å². The molecule has 0 aromatic rings. The van der Waals surface area contributed by atoms with Crippen LogP contribution in [0.25, 0.3) is 0 Å². The largest absolute Gasteiger partial charge is 0.444 e. The SMILES string of the molecule is CCCC(O)C(CC)C1CCCCN1C(=O)OC(C)(C)C. The van der Waals surface area contributed by atoms with Crippen molar-refractivity contribution in [1.29, 1.82) is 0 Å². The van der Waals surface area contributed by atoms with Crippen LogP contribution in [0.15, 0.2) is 0 Å². The summed E-state index contributed by atoms with van der Waals surface area (Å²) in [6.07, 6.45) is 5.23. The van der Waals surface area contributed by atoms with Crippen molar-refractivity contribution in [2.75, 3.05) is 6.54 Å². The second-order valence-corrected chi connectivity index (χ2v) is 7.16. The first kappa shape index (κ1) is 18.3. The second-order valence-electron chi connectivity index (χ2n) is 7.16. The van der Waals surface area contributed by atoms with Crippen molar-refractivity contribution in [2.24, 2.45) is 5.92 Å². The van der Waals surface area contributed by atoms with E-state index < -0.39 is 5.60 Å². The molecule has 1 rings (SSSR count). The second kappa shape index (κ2) is 8.02. The average Bonchev–Trinajstić information content (AvgIpc) is 2.38. The van der Waals surface area contributed by atoms with Gasteiger partial charge >= 0.3 is 6.09 Å². The van der Waals surface area contributed by atoms with Gasteiger partial charge in [-0.05, 0) is 52.9 Å². The first-order valence-electron chi connectivity index (χ1n) is 8.47. The minimum absolute atomic E-state index is 0.111. The van der Waals surface area contributed by atoms with Crippen molar-refractivity contribution in [3.05, 3.63) is 0 Å². The fourth-order valence-corrected chi connectivity index (χ4v) is 3.26. The summed E-state index contributed by atoms with van der Waals surface area (Å²) in [5.74, 6) is 0.151. The highest BCUT2D eigenvalue weighted by Crippen LogP contribution is 2.30. The average molecular weight is 299 g/mol. The van der Waals surface area contributed by atoms with Gasteiger partial charge in [0.1, 0.15) is 5.60 Å². The first-order valence-corrected chi connectivity index (χ1v) is 8.47. The van der Waals surface area contributed by atoms with Crippen LogP contribution in [0.1, 0.15) is 73.1 Å². The standard InChI is InChI=1S/C17H33NO3/c1-6-10-15(19)13(7-2)14-11-8-9-12-18(14)16(20)21-17(3,4)5/h13-15,19H,6-12H2,1-5H3. The molecule has 0 saturated carbocycles. The molecule has 4 nitrogen and oxygen atoms in total. The van der Waals surface area contributed by atoms with Crippen LogP contribution < -0.4 is 0 Å². The van der Waals surface area contributed by atoms with E-state index in [1.165, 1.54) is 0 Å². The Morgan fingerprint density at radius 2 is 2.00 bits per heavy atom. The van der Waals surface area contributed by atoms with Gasteiger partial charge in [0.15, 0.2) is 0 Å². The van der Waals surface area contributed by atoms with E-state index in [0.29, 0.717) is 0 Å². The number of carbonyl (C=O) groups is 1. The Labute approximate surface area is 129 Å². The number of carbonyl (C=O) groups excluding carboxylic acids is 1. The maximum Gasteiger partial charge on any atom is 0.410 e. The van der Waals surface area contributed by atoms with E-state index >= 15 is 0 Å². The van der Waals surface area contributed by atoms with E-state index in [9.17, 15) is 9.90 Å². The summed E-state index contributed by atoms with van der Waals surface area (Å²) < 4.78 is 5.55. The number of piperidine rings is 1. The quantitative estimate of drug-likeness (QED) is 0.836. The predicted octanol–water partition coefficient (Wildman–Crippen LogP) is 3.96. The number of amides is 1. The summed E-state index contributed by atoms with van der Waals surface area (Å²) in [6.45, 7) is 10.6. The first-order chi connectivity index (χ1) is 9.80. The Bertz CT molecular complexity index is 324. The Balaban J connectivity index is 2.82. The minimum Gasteiger partial charge on any atom is -0.444 e. The number of nitrogens with zero attached hydrogens (tertiary/aromatic N) is 1. The van der Waals surface area contributed by atoms with Crippen LogP contribution in [-0.4, -0.2) is 40.4 Å². The molecular formula is C17H33NO3. The summed E-state index contributed by atoms with van der Waals surface area (Å²) in [6, 6.07) is 0.111. The summed E-state index contributed by atoms with van der Waals surface area (Å²) >= 11 is 0. The summed E-state index contributed by atoms with van der Waals surface area (Å²) in [4.78, 5) is 14.3. The Morgan fingerprint density at radius 1 is 1.33 bits per heavy atom. The molecule has 1 saturated heterocycles. The maximum absolute atomic E-state index is 12.4. The van der Waals surface area contributed by atoms with Crippen LogP contribution in [0.5, 0.6) is 0 Å². The van der Waals surface area contributed by atoms with Gasteiger partial charge in [-0.3, -0.25) is 0 Å². The molecule has 3 unspecified atom stereocenters. The fraction of sp³-hybridized carbons (Fsp3) is 0.941. The molecule has 4 heteroatoms. The lowest BCUT2D eigenvalue weighted by Gasteiger charge is -2.42. The van der Waals surface area contributed by atoms with Gasteiger partial charge in [-0.1, -0.05) is 20.3 Å². The summed E-state index contributed by atoms with van der Waals surface area (Å²) in [5, 5.41) is 10.4. The predicted molar refractivity (Wildman–Crippen MR) is 85.3 cm³/mol. The molecular weight excluding hydrogens is 266 g/mol. The third-order valence-electron chi connectivity index (χ3n) is 4.22. The molecule has 124 valence electrons. The van der Waals surface area contributed by atoms with Gasteiger partial charge in [0.2, 0.25) is 0 Å².